The van der Waals surface area contributed by atoms with Crippen LogP contribution in [0.1, 0.15) is 0 Å². The first kappa shape index (κ1) is 33.9. The van der Waals surface area contributed by atoms with Crippen LogP contribution in [0.5, 0.6) is 0 Å². The molecule has 4 heterocycles. The maximum Gasteiger partial charge on any atom is 0.167 e. The van der Waals surface area contributed by atoms with Crippen LogP contribution in [0.2, 0.25) is 0 Å². The predicted octanol–water partition coefficient (Wildman–Crippen LogP) is 14.2. The van der Waals surface area contributed by atoms with Crippen molar-refractivity contribution in [3.05, 3.63) is 194 Å². The molecule has 12 rings (SSSR count). The highest BCUT2D eigenvalue weighted by atomic mass is 16.3. The Bertz CT molecular complexity index is 3590. The summed E-state index contributed by atoms with van der Waals surface area (Å²) in [6, 6.07) is 66.4. The summed E-state index contributed by atoms with van der Waals surface area (Å²) < 4.78 is 13.1. The molecule has 0 aliphatic heterocycles. The maximum atomic E-state index is 6.71. The van der Waals surface area contributed by atoms with Crippen LogP contribution in [0.3, 0.4) is 0 Å². The summed E-state index contributed by atoms with van der Waals surface area (Å²) in [6.07, 6.45) is 0. The van der Waals surface area contributed by atoms with E-state index in [-0.39, 0.29) is 0 Å². The summed E-state index contributed by atoms with van der Waals surface area (Å²) in [5.74, 6) is 1.64. The number of hydrogen-bond donors (Lipinski definition) is 0. The molecule has 0 bridgehead atoms. The summed E-state index contributed by atoms with van der Waals surface area (Å²) in [4.78, 5) is 20.6. The van der Waals surface area contributed by atoms with Crippen LogP contribution in [-0.2, 0) is 0 Å². The number of furan rings is 2. The second-order valence-corrected chi connectivity index (χ2v) is 15.0. The minimum atomic E-state index is 0.530. The standard InChI is InChI=1S/C54H32N4O2/c1-3-13-33(14-4-1)34-25-27-35(28-26-34)37-29-30-45-44(32-37)48-42-20-8-10-24-47(42)60-51(48)49(55-45)38-17-11-18-39(31-38)53-56-52(36-15-5-2-6-16-36)57-54(58-53)43-22-12-21-41-40-19-7-9-23-46(40)59-50(41)43/h1-32H. The van der Waals surface area contributed by atoms with Gasteiger partial charge in [-0.25, -0.2) is 19.9 Å². The average molecular weight is 769 g/mol. The first-order valence-corrected chi connectivity index (χ1v) is 20.0. The fourth-order valence-corrected chi connectivity index (χ4v) is 8.42. The number of aromatic nitrogens is 4. The molecule has 12 aromatic rings. The van der Waals surface area contributed by atoms with E-state index in [1.807, 2.05) is 91.0 Å². The number of rotatable bonds is 6. The third-order valence-corrected chi connectivity index (χ3v) is 11.3. The fourth-order valence-electron chi connectivity index (χ4n) is 8.42. The van der Waals surface area contributed by atoms with Crippen molar-refractivity contribution in [3.8, 4) is 67.7 Å². The van der Waals surface area contributed by atoms with Gasteiger partial charge in [-0.2, -0.15) is 0 Å². The highest BCUT2D eigenvalue weighted by Crippen LogP contribution is 2.42. The van der Waals surface area contributed by atoms with Crippen LogP contribution >= 0.6 is 0 Å². The van der Waals surface area contributed by atoms with Gasteiger partial charge in [0.05, 0.1) is 11.1 Å². The van der Waals surface area contributed by atoms with Crippen molar-refractivity contribution in [2.75, 3.05) is 0 Å². The number of hydrogen-bond acceptors (Lipinski definition) is 6. The Morgan fingerprint density at radius 2 is 0.833 bits per heavy atom. The molecule has 0 radical (unpaired) electrons. The van der Waals surface area contributed by atoms with Gasteiger partial charge >= 0.3 is 0 Å². The number of pyridine rings is 1. The van der Waals surface area contributed by atoms with Gasteiger partial charge in [0.2, 0.25) is 0 Å². The molecule has 0 saturated carbocycles. The van der Waals surface area contributed by atoms with Gasteiger partial charge in [0.1, 0.15) is 22.4 Å². The Balaban J connectivity index is 1.01. The summed E-state index contributed by atoms with van der Waals surface area (Å²) in [5.41, 5.74) is 12.8. The Morgan fingerprint density at radius 3 is 1.62 bits per heavy atom. The summed E-state index contributed by atoms with van der Waals surface area (Å²) in [6.45, 7) is 0. The van der Waals surface area contributed by atoms with E-state index in [2.05, 4.69) is 103 Å². The first-order chi connectivity index (χ1) is 29.7. The Kier molecular flexibility index (Phi) is 7.74. The van der Waals surface area contributed by atoms with Gasteiger partial charge in [0.25, 0.3) is 0 Å². The van der Waals surface area contributed by atoms with E-state index in [0.29, 0.717) is 17.5 Å². The van der Waals surface area contributed by atoms with Crippen LogP contribution in [0.25, 0.3) is 122 Å². The first-order valence-electron chi connectivity index (χ1n) is 20.0. The van der Waals surface area contributed by atoms with Crippen LogP contribution in [0.4, 0.5) is 0 Å². The molecule has 60 heavy (non-hydrogen) atoms. The molecule has 8 aromatic carbocycles. The molecular weight excluding hydrogens is 737 g/mol. The topological polar surface area (TPSA) is 77.8 Å². The van der Waals surface area contributed by atoms with Crippen molar-refractivity contribution < 1.29 is 8.83 Å². The van der Waals surface area contributed by atoms with Gasteiger partial charge in [-0.15, -0.1) is 0 Å². The Labute approximate surface area is 344 Å². The van der Waals surface area contributed by atoms with E-state index >= 15 is 0 Å². The molecule has 6 heteroatoms. The Hall–Kier alpha value is -8.22. The highest BCUT2D eigenvalue weighted by Gasteiger charge is 2.21. The third-order valence-electron chi connectivity index (χ3n) is 11.3. The Morgan fingerprint density at radius 1 is 0.300 bits per heavy atom. The van der Waals surface area contributed by atoms with E-state index in [1.54, 1.807) is 0 Å². The smallest absolute Gasteiger partial charge is 0.167 e. The van der Waals surface area contributed by atoms with Crippen molar-refractivity contribution in [1.29, 1.82) is 0 Å². The summed E-state index contributed by atoms with van der Waals surface area (Å²) in [5, 5.41) is 5.18. The van der Waals surface area contributed by atoms with E-state index in [0.717, 1.165) is 93.9 Å². The molecule has 0 N–H and O–H groups in total. The van der Waals surface area contributed by atoms with E-state index < -0.39 is 0 Å². The average Bonchev–Trinajstić information content (AvgIpc) is 3.91. The summed E-state index contributed by atoms with van der Waals surface area (Å²) >= 11 is 0. The number of para-hydroxylation sites is 3. The lowest BCUT2D eigenvalue weighted by Crippen LogP contribution is -2.00. The third kappa shape index (κ3) is 5.65. The van der Waals surface area contributed by atoms with Crippen LogP contribution in [-0.4, -0.2) is 19.9 Å². The zero-order chi connectivity index (χ0) is 39.6. The molecular formula is C54H32N4O2. The van der Waals surface area contributed by atoms with Crippen molar-refractivity contribution in [2.45, 2.75) is 0 Å². The van der Waals surface area contributed by atoms with Crippen LogP contribution < -0.4 is 0 Å². The molecule has 6 nitrogen and oxygen atoms in total. The quantitative estimate of drug-likeness (QED) is 0.168. The predicted molar refractivity (Wildman–Crippen MR) is 242 cm³/mol. The summed E-state index contributed by atoms with van der Waals surface area (Å²) in [7, 11) is 0. The minimum Gasteiger partial charge on any atom is -0.455 e. The lowest BCUT2D eigenvalue weighted by atomic mass is 9.97. The molecule has 0 aliphatic rings. The fraction of sp³-hybridized carbons (Fsp3) is 0. The molecule has 0 spiro atoms. The van der Waals surface area contributed by atoms with Crippen molar-refractivity contribution >= 4 is 54.8 Å². The largest absolute Gasteiger partial charge is 0.455 e. The molecule has 0 aliphatic carbocycles. The van der Waals surface area contributed by atoms with Crippen molar-refractivity contribution in [3.63, 3.8) is 0 Å². The monoisotopic (exact) mass is 768 g/mol. The molecule has 0 fully saturated rings. The van der Waals surface area contributed by atoms with Gasteiger partial charge in [0.15, 0.2) is 23.1 Å². The molecule has 4 aromatic heterocycles. The zero-order valence-corrected chi connectivity index (χ0v) is 32.1. The van der Waals surface area contributed by atoms with Gasteiger partial charge in [0, 0.05) is 43.6 Å². The van der Waals surface area contributed by atoms with E-state index in [1.165, 1.54) is 11.1 Å². The maximum absolute atomic E-state index is 6.71. The van der Waals surface area contributed by atoms with Gasteiger partial charge < -0.3 is 8.83 Å². The van der Waals surface area contributed by atoms with Crippen LogP contribution in [0.15, 0.2) is 203 Å². The normalized spacial score (nSPS) is 11.7. The SMILES string of the molecule is c1ccc(-c2ccc(-c3ccc4nc(-c5cccc(-c6nc(-c7ccccc7)nc(-c7cccc8c7oc7ccccc78)n6)c5)c5oc6ccccc6c5c4c3)cc2)cc1. The van der Waals surface area contributed by atoms with Crippen molar-refractivity contribution in [1.82, 2.24) is 19.9 Å². The second-order valence-electron chi connectivity index (χ2n) is 15.0. The van der Waals surface area contributed by atoms with Gasteiger partial charge in [-0.3, -0.25) is 0 Å². The number of nitrogens with zero attached hydrogens (tertiary/aromatic N) is 4. The van der Waals surface area contributed by atoms with Gasteiger partial charge in [-0.05, 0) is 58.7 Å². The lowest BCUT2D eigenvalue weighted by Gasteiger charge is -2.11. The molecule has 280 valence electrons. The molecule has 0 atom stereocenters. The minimum absolute atomic E-state index is 0.530. The highest BCUT2D eigenvalue weighted by molar-refractivity contribution is 6.21. The number of fused-ring (bicyclic) bond motifs is 8. The second kappa shape index (κ2) is 13.7. The van der Waals surface area contributed by atoms with Crippen LogP contribution in [0, 0.1) is 0 Å². The number of benzene rings is 8. The van der Waals surface area contributed by atoms with E-state index in [4.69, 9.17) is 28.8 Å². The van der Waals surface area contributed by atoms with Gasteiger partial charge in [-0.1, -0.05) is 158 Å². The zero-order valence-electron chi connectivity index (χ0n) is 32.1. The van der Waals surface area contributed by atoms with Crippen molar-refractivity contribution in [2.24, 2.45) is 0 Å². The molecule has 0 amide bonds. The molecule has 0 saturated heterocycles. The lowest BCUT2D eigenvalue weighted by molar-refractivity contribution is 0.668. The molecule has 0 unspecified atom stereocenters. The van der Waals surface area contributed by atoms with E-state index in [9.17, 15) is 0 Å².